The van der Waals surface area contributed by atoms with Gasteiger partial charge >= 0.3 is 0 Å². The lowest BCUT2D eigenvalue weighted by Crippen LogP contribution is -2.25. The molecular weight excluding hydrogens is 924 g/mol. The number of hydrogen-bond acceptors (Lipinski definition) is 9. The van der Waals surface area contributed by atoms with Crippen LogP contribution in [0.4, 0.5) is 23.0 Å². The summed E-state index contributed by atoms with van der Waals surface area (Å²) >= 11 is 0. The maximum atomic E-state index is 9.29. The first-order chi connectivity index (χ1) is 35.2. The summed E-state index contributed by atoms with van der Waals surface area (Å²) in [5, 5.41) is 5.79. The summed E-state index contributed by atoms with van der Waals surface area (Å²) in [5.41, 5.74) is 17.5. The fourth-order valence-corrected chi connectivity index (χ4v) is 8.57. The second kappa shape index (κ2) is 27.6. The number of nitrogens with two attached hydrogens (primary N) is 1. The van der Waals surface area contributed by atoms with Crippen LogP contribution in [0.2, 0.25) is 0 Å². The number of halogens is 1. The Morgan fingerprint density at radius 3 is 1.49 bits per heavy atom. The molecule has 0 bridgehead atoms. The van der Waals surface area contributed by atoms with Crippen LogP contribution in [0.5, 0.6) is 0 Å². The Hall–Kier alpha value is -7.95. The molecule has 0 radical (unpaired) electrons. The third-order valence-corrected chi connectivity index (χ3v) is 11.8. The zero-order valence-electron chi connectivity index (χ0n) is 42.8. The highest BCUT2D eigenvalue weighted by Gasteiger charge is 2.23. The lowest BCUT2D eigenvalue weighted by atomic mass is 10.1. The van der Waals surface area contributed by atoms with Gasteiger partial charge in [-0.25, -0.2) is 15.0 Å². The van der Waals surface area contributed by atoms with E-state index >= 15 is 0 Å². The Bertz CT molecular complexity index is 3050. The number of para-hydroxylation sites is 2. The highest BCUT2D eigenvalue weighted by atomic mass is 35.5. The van der Waals surface area contributed by atoms with E-state index in [2.05, 4.69) is 216 Å². The Balaban J connectivity index is 0.000000213. The van der Waals surface area contributed by atoms with Gasteiger partial charge in [-0.3, -0.25) is 4.79 Å². The molecule has 0 amide bonds. The van der Waals surface area contributed by atoms with Crippen LogP contribution in [0, 0.1) is 11.8 Å². The number of pyridine rings is 2. The number of benzene rings is 6. The Kier molecular flexibility index (Phi) is 20.6. The zero-order valence-corrected chi connectivity index (χ0v) is 43.6. The molecule has 0 unspecified atom stereocenters. The van der Waals surface area contributed by atoms with E-state index in [1.165, 1.54) is 33.8 Å². The third kappa shape index (κ3) is 14.8. The normalized spacial score (nSPS) is 10.9. The van der Waals surface area contributed by atoms with Crippen LogP contribution in [-0.2, 0) is 42.3 Å². The van der Waals surface area contributed by atoms with Crippen molar-refractivity contribution in [2.45, 2.75) is 67.3 Å². The van der Waals surface area contributed by atoms with Crippen molar-refractivity contribution < 1.29 is 9.53 Å². The number of carbonyl (C=O) groups is 1. The van der Waals surface area contributed by atoms with Gasteiger partial charge in [0.2, 0.25) is 0 Å². The first-order valence-corrected chi connectivity index (χ1v) is 24.8. The van der Waals surface area contributed by atoms with Crippen molar-refractivity contribution in [1.82, 2.24) is 19.5 Å². The largest absolute Gasteiger partial charge is 0.464 e. The fourth-order valence-electron chi connectivity index (χ4n) is 8.57. The van der Waals surface area contributed by atoms with Gasteiger partial charge in [0.15, 0.2) is 11.6 Å². The minimum Gasteiger partial charge on any atom is -0.464 e. The molecule has 73 heavy (non-hydrogen) atoms. The molecule has 9 aromatic rings. The smallest absolute Gasteiger partial charge is 0.293 e. The van der Waals surface area contributed by atoms with Gasteiger partial charge in [-0.2, -0.15) is 0 Å². The summed E-state index contributed by atoms with van der Waals surface area (Å²) < 4.78 is 6.56. The van der Waals surface area contributed by atoms with E-state index in [-0.39, 0.29) is 12.4 Å². The van der Waals surface area contributed by atoms with Crippen molar-refractivity contribution in [3.05, 3.63) is 217 Å². The topological polar surface area (TPSA) is 114 Å². The van der Waals surface area contributed by atoms with Crippen molar-refractivity contribution in [3.63, 3.8) is 0 Å². The number of hydrogen-bond donors (Lipinski definition) is 2. The summed E-state index contributed by atoms with van der Waals surface area (Å²) in [5.74, 6) is 3.74. The van der Waals surface area contributed by atoms with E-state index < -0.39 is 0 Å². The summed E-state index contributed by atoms with van der Waals surface area (Å²) in [7, 11) is 0. The molecular formula is C62H69ClN8O2. The quantitative estimate of drug-likeness (QED) is 0.0464. The van der Waals surface area contributed by atoms with Crippen molar-refractivity contribution >= 4 is 80.8 Å². The van der Waals surface area contributed by atoms with Gasteiger partial charge in [0, 0.05) is 50.0 Å². The molecule has 0 aliphatic carbocycles. The number of nitrogen functional groups attached to an aromatic ring is 1. The Labute approximate surface area is 437 Å². The SMILES string of the molecule is C/C=C/c1nc2c(N(Cc3ccccc3)Cc3ccccc3)nc3ccccc3c2n1CC(C)C.C=CCOC=O.CC(C)CNc1c(N)c(N(Cc2ccccc2)Cc2ccccc2)nc2ccccc12.Cl. The maximum absolute atomic E-state index is 9.29. The van der Waals surface area contributed by atoms with Gasteiger partial charge in [-0.15, -0.1) is 12.4 Å². The minimum atomic E-state index is 0. The predicted molar refractivity (Wildman–Crippen MR) is 309 cm³/mol. The fraction of sp³-hybridized carbons (Fsp3) is 0.226. The van der Waals surface area contributed by atoms with E-state index in [4.69, 9.17) is 20.7 Å². The zero-order chi connectivity index (χ0) is 50.7. The van der Waals surface area contributed by atoms with Crippen LogP contribution in [-0.4, -0.2) is 39.1 Å². The van der Waals surface area contributed by atoms with E-state index in [1.807, 2.05) is 31.2 Å². The molecule has 0 atom stereocenters. The summed E-state index contributed by atoms with van der Waals surface area (Å²) in [6.07, 6.45) is 5.69. The second-order valence-corrected chi connectivity index (χ2v) is 18.5. The lowest BCUT2D eigenvalue weighted by Gasteiger charge is -2.27. The van der Waals surface area contributed by atoms with Crippen LogP contribution >= 0.6 is 12.4 Å². The lowest BCUT2D eigenvalue weighted by molar-refractivity contribution is -0.127. The van der Waals surface area contributed by atoms with Crippen LogP contribution in [0.1, 0.15) is 62.7 Å². The van der Waals surface area contributed by atoms with Gasteiger partial charge < -0.3 is 30.2 Å². The maximum Gasteiger partial charge on any atom is 0.293 e. The van der Waals surface area contributed by atoms with Crippen molar-refractivity contribution in [2.24, 2.45) is 11.8 Å². The number of rotatable bonds is 19. The van der Waals surface area contributed by atoms with Crippen molar-refractivity contribution in [1.29, 1.82) is 0 Å². The molecule has 0 aliphatic heterocycles. The van der Waals surface area contributed by atoms with Gasteiger partial charge in [0.25, 0.3) is 6.47 Å². The van der Waals surface area contributed by atoms with Crippen LogP contribution in [0.15, 0.2) is 189 Å². The number of nitrogens with zero attached hydrogens (tertiary/aromatic N) is 6. The highest BCUT2D eigenvalue weighted by molar-refractivity contribution is 6.07. The molecule has 6 aromatic carbocycles. The molecule has 0 saturated carbocycles. The van der Waals surface area contributed by atoms with Crippen LogP contribution < -0.4 is 20.9 Å². The van der Waals surface area contributed by atoms with E-state index in [0.29, 0.717) is 30.6 Å². The molecule has 0 saturated heterocycles. The third-order valence-electron chi connectivity index (χ3n) is 11.8. The molecule has 11 heteroatoms. The predicted octanol–water partition coefficient (Wildman–Crippen LogP) is 14.3. The van der Waals surface area contributed by atoms with E-state index in [0.717, 1.165) is 89.7 Å². The second-order valence-electron chi connectivity index (χ2n) is 18.5. The first kappa shape index (κ1) is 54.4. The molecule has 376 valence electrons. The molecule has 10 nitrogen and oxygen atoms in total. The Morgan fingerprint density at radius 2 is 1.05 bits per heavy atom. The molecule has 3 heterocycles. The summed E-state index contributed by atoms with van der Waals surface area (Å²) in [6.45, 7) is 19.7. The summed E-state index contributed by atoms with van der Waals surface area (Å²) in [4.78, 5) is 29.3. The molecule has 0 aliphatic rings. The van der Waals surface area contributed by atoms with E-state index in [1.54, 1.807) is 0 Å². The number of anilines is 4. The van der Waals surface area contributed by atoms with Crippen molar-refractivity contribution in [3.8, 4) is 0 Å². The number of fused-ring (bicyclic) bond motifs is 4. The highest BCUT2D eigenvalue weighted by Crippen LogP contribution is 2.38. The molecule has 0 fully saturated rings. The van der Waals surface area contributed by atoms with Crippen LogP contribution in [0.25, 0.3) is 38.9 Å². The first-order valence-electron chi connectivity index (χ1n) is 24.8. The monoisotopic (exact) mass is 993 g/mol. The number of ether oxygens (including phenoxy) is 1. The molecule has 3 aromatic heterocycles. The number of carbonyl (C=O) groups excluding carboxylic acids is 1. The van der Waals surface area contributed by atoms with Crippen molar-refractivity contribution in [2.75, 3.05) is 34.0 Å². The average molecular weight is 994 g/mol. The standard InChI is InChI=1S/C31H32N4.C27H30N4.C4H6O2.ClH/c1-4-13-28-33-29-30(35(28)20-23(2)3)26-18-11-12-19-27(26)32-31(29)34(21-24-14-7-5-8-15-24)22-25-16-9-6-10-17-25;1-20(2)17-29-26-23-15-9-10-16-24(23)30-27(25(26)28)31(18-21-11-5-3-6-12-21)19-22-13-7-4-8-14-22;1-2-3-6-4-5;/h4-19,23H,20-22H2,1-3H3;3-16,20H,17-19,28H2,1-2H3,(H,29,30);2,4H,1,3H2;1H/b13-4+;;;. The van der Waals surface area contributed by atoms with Crippen LogP contribution in [0.3, 0.4) is 0 Å². The number of nitrogens with one attached hydrogen (secondary N) is 1. The molecule has 9 rings (SSSR count). The minimum absolute atomic E-state index is 0. The van der Waals surface area contributed by atoms with Gasteiger partial charge in [-0.05, 0) is 59.2 Å². The van der Waals surface area contributed by atoms with Gasteiger partial charge in [0.1, 0.15) is 17.9 Å². The number of aromatic nitrogens is 4. The number of allylic oxidation sites excluding steroid dienone is 1. The van der Waals surface area contributed by atoms with E-state index in [9.17, 15) is 4.79 Å². The molecule has 3 N–H and O–H groups in total. The van der Waals surface area contributed by atoms with Gasteiger partial charge in [-0.1, -0.05) is 204 Å². The number of imidazole rings is 1. The van der Waals surface area contributed by atoms with Gasteiger partial charge in [0.05, 0.1) is 27.9 Å². The molecule has 0 spiro atoms. The summed E-state index contributed by atoms with van der Waals surface area (Å²) in [6, 6.07) is 58.9. The average Bonchev–Trinajstić information content (AvgIpc) is 3.75. The Morgan fingerprint density at radius 1 is 0.616 bits per heavy atom.